The summed E-state index contributed by atoms with van der Waals surface area (Å²) in [6.45, 7) is 0. The Morgan fingerprint density at radius 2 is 0.328 bits per heavy atom. The zero-order valence-corrected chi connectivity index (χ0v) is 74.1. The number of carboxylic acids is 8. The number of ether oxygens (including phenoxy) is 16. The zero-order chi connectivity index (χ0) is 93.7. The van der Waals surface area contributed by atoms with Crippen LogP contribution < -0.4 is 0 Å². The fourth-order valence-corrected chi connectivity index (χ4v) is 22.3. The summed E-state index contributed by atoms with van der Waals surface area (Å²) in [6, 6.07) is 0. The van der Waals surface area contributed by atoms with E-state index in [0.29, 0.717) is 17.8 Å². The van der Waals surface area contributed by atoms with Gasteiger partial charge < -0.3 is 198 Å². The number of rotatable bonds is 39. The van der Waals surface area contributed by atoms with E-state index in [1.54, 1.807) is 0 Å². The van der Waals surface area contributed by atoms with Crippen LogP contribution in [0.25, 0.3) is 0 Å². The third-order valence-corrected chi connectivity index (χ3v) is 29.5. The molecular weight excluding hydrogens is 1890 g/mol. The maximum atomic E-state index is 12.3. The summed E-state index contributed by atoms with van der Waals surface area (Å²) in [6.07, 6.45) is -85.1. The predicted octanol–water partition coefficient (Wildman–Crippen LogP) is -7.56. The lowest BCUT2D eigenvalue weighted by Crippen LogP contribution is -2.69. The largest absolute Gasteiger partial charge is 0.481 e. The van der Waals surface area contributed by atoms with Crippen molar-refractivity contribution in [1.82, 2.24) is 0 Å². The minimum atomic E-state index is -2.34. The van der Waals surface area contributed by atoms with E-state index in [-0.39, 0.29) is 69.0 Å². The number of aliphatic hydroxyl groups excluding tert-OH is 16. The molecule has 0 aromatic carbocycles. The molecule has 30 heterocycles. The first-order valence-corrected chi connectivity index (χ1v) is 49.3. The Morgan fingerprint density at radius 3 is 0.453 bits per heavy atom. The molecule has 40 atom stereocenters. The second-order valence-electron chi connectivity index (χ2n) is 30.5. The van der Waals surface area contributed by atoms with E-state index in [4.69, 9.17) is 75.8 Å². The molecule has 0 aliphatic carbocycles. The summed E-state index contributed by atoms with van der Waals surface area (Å²) < 4.78 is 100. The van der Waals surface area contributed by atoms with E-state index < -0.39 is 356 Å². The van der Waals surface area contributed by atoms with Gasteiger partial charge in [-0.05, 0) is 5.41 Å². The van der Waals surface area contributed by atoms with Gasteiger partial charge in [0.1, 0.15) is 146 Å². The van der Waals surface area contributed by atoms with Gasteiger partial charge in [0.05, 0.1) is 93.8 Å². The van der Waals surface area contributed by atoms with Crippen molar-refractivity contribution in [3.05, 3.63) is 11.5 Å². The molecule has 30 rings (SSSR count). The fraction of sp³-hybridized carbons (Fsp3) is 0.861. The van der Waals surface area contributed by atoms with E-state index in [2.05, 4.69) is 0 Å². The molecule has 48 nitrogen and oxygen atoms in total. The molecule has 734 valence electrons. The van der Waals surface area contributed by atoms with Crippen molar-refractivity contribution in [3.8, 4) is 0 Å². The van der Waals surface area contributed by atoms with Crippen LogP contribution in [-0.2, 0) is 114 Å². The first-order valence-electron chi connectivity index (χ1n) is 40.2. The summed E-state index contributed by atoms with van der Waals surface area (Å²) in [7, 11) is 0. The third-order valence-electron chi connectivity index (χ3n) is 21.2. The van der Waals surface area contributed by atoms with Gasteiger partial charge in [0, 0.05) is 92.4 Å². The highest BCUT2D eigenvalue weighted by atomic mass is 32.2. The summed E-state index contributed by atoms with van der Waals surface area (Å²) in [4.78, 5) is 94.2. The number of hydrogen-bond acceptors (Lipinski definition) is 48. The van der Waals surface area contributed by atoms with Crippen molar-refractivity contribution in [1.29, 1.82) is 0 Å². The molecule has 0 aromatic heterocycles. The monoisotopic (exact) mass is 2000 g/mol. The Balaban J connectivity index is 1.12. The summed E-state index contributed by atoms with van der Waals surface area (Å²) in [5.41, 5.74) is 0. The van der Waals surface area contributed by atoms with Crippen molar-refractivity contribution in [2.45, 2.75) is 291 Å². The van der Waals surface area contributed by atoms with Crippen LogP contribution >= 0.6 is 94.1 Å². The molecule has 128 heavy (non-hydrogen) atoms. The first-order chi connectivity index (χ1) is 60.7. The van der Waals surface area contributed by atoms with Crippen LogP contribution in [0, 0.1) is 0 Å². The lowest BCUT2D eigenvalue weighted by Gasteiger charge is -2.51. The van der Waals surface area contributed by atoms with Gasteiger partial charge in [-0.15, -0.1) is 11.8 Å². The molecule has 0 saturated carbocycles. The predicted molar refractivity (Wildman–Crippen MR) is 441 cm³/mol. The quantitative estimate of drug-likeness (QED) is 0.0201. The van der Waals surface area contributed by atoms with Gasteiger partial charge in [0.25, 0.3) is 0 Å². The Kier molecular flexibility index (Phi) is 44.6. The molecule has 56 heteroatoms. The van der Waals surface area contributed by atoms with Crippen LogP contribution in [0.2, 0.25) is 0 Å². The molecule has 0 amide bonds. The Hall–Kier alpha value is -2.98. The molecule has 30 aliphatic rings. The standard InChI is InChI=1S/C72H110O48S8/c73-33(74)1-9-121-17-25-57-41(89)49(97)65(105-25)114-58-26(18-122-10-2-34(75)76)107-67(51(99)43(58)91)116-60-28(20-124-12-4-36(79)80)109-69(53(101)45(60)93)118-62-30(22-126-14-6-38(83)84)111-71(55(103)47(62)95)120-64-32(24-128-16-8-40(87)88)112-72(56(104)48(64)96)119-63-31(23-127-15-7-39(85)86)110-70(54(102)46(63)94)117-61-29(21-125-13-5-37(81)82)108-68(52(100)44(61)92)115-59-27(19-123-11-3-35(77)78)106-66(113-57)50(98)42(59)90/h1,9,25-32,41-72,89-104H,2-8,10-24H2,(H,73,74)(H,75,76)(H,77,78)(H,79,80)(H,81,82)(H,83,84)(H,85,86)(H,87,88)/b9-1+/t25-,26-,27-,28-,29-,30-,31-,32-,41-,42-,43-,44-,45-,46-,47-,48-,49-,50-,51-,52-,53-,54-,55-,56-,57-,58-,59-,60-,61-,62-,63-,64-,65?,66?,67?,68?,69?,70?,71?,72?/m0/s1. The van der Waals surface area contributed by atoms with Gasteiger partial charge >= 0.3 is 47.8 Å². The van der Waals surface area contributed by atoms with E-state index in [9.17, 15) is 161 Å². The van der Waals surface area contributed by atoms with Gasteiger partial charge in [-0.25, -0.2) is 4.79 Å². The average molecular weight is 2000 g/mol. The van der Waals surface area contributed by atoms with Crippen LogP contribution in [0.15, 0.2) is 11.5 Å². The van der Waals surface area contributed by atoms with Gasteiger partial charge in [-0.2, -0.15) is 82.3 Å². The summed E-state index contributed by atoms with van der Waals surface area (Å²) in [5, 5.41) is 273. The molecule has 30 aliphatic heterocycles. The van der Waals surface area contributed by atoms with Gasteiger partial charge in [-0.3, -0.25) is 33.6 Å². The minimum Gasteiger partial charge on any atom is -0.481 e. The van der Waals surface area contributed by atoms with E-state index in [0.717, 1.165) is 87.7 Å². The second kappa shape index (κ2) is 52.5. The summed E-state index contributed by atoms with van der Waals surface area (Å²) >= 11 is 6.83. The van der Waals surface area contributed by atoms with Gasteiger partial charge in [-0.1, -0.05) is 0 Å². The number of carbonyl (C=O) groups is 8. The molecular formula is C72H110O48S8. The zero-order valence-electron chi connectivity index (χ0n) is 67.6. The lowest BCUT2D eigenvalue weighted by molar-refractivity contribution is -0.396. The molecule has 24 N–H and O–H groups in total. The topological polar surface area (TPSA) is 770 Å². The average Bonchev–Trinajstić information content (AvgIpc) is 0.766. The van der Waals surface area contributed by atoms with E-state index in [1.807, 2.05) is 0 Å². The fourth-order valence-electron chi connectivity index (χ4n) is 14.6. The van der Waals surface area contributed by atoms with Crippen LogP contribution in [0.3, 0.4) is 0 Å². The van der Waals surface area contributed by atoms with Gasteiger partial charge in [0.2, 0.25) is 0 Å². The first kappa shape index (κ1) is 109. The molecule has 30 saturated heterocycles. The van der Waals surface area contributed by atoms with Crippen molar-refractivity contribution >= 4 is 142 Å². The maximum absolute atomic E-state index is 12.3. The van der Waals surface area contributed by atoms with Crippen LogP contribution in [-0.4, -0.2) is 502 Å². The maximum Gasteiger partial charge on any atom is 0.328 e. The van der Waals surface area contributed by atoms with Crippen molar-refractivity contribution in [2.75, 3.05) is 86.3 Å². The van der Waals surface area contributed by atoms with Crippen molar-refractivity contribution in [2.24, 2.45) is 0 Å². The number of aliphatic hydroxyl groups is 16. The van der Waals surface area contributed by atoms with Crippen LogP contribution in [0.5, 0.6) is 0 Å². The molecule has 0 spiro atoms. The highest BCUT2D eigenvalue weighted by Crippen LogP contribution is 2.43. The highest BCUT2D eigenvalue weighted by molar-refractivity contribution is 8.02. The lowest BCUT2D eigenvalue weighted by atomic mass is 9.95. The normalized spacial score (nSPS) is 41.6. The molecule has 0 aromatic rings. The van der Waals surface area contributed by atoms with E-state index in [1.165, 1.54) is 0 Å². The Labute approximate surface area is 762 Å². The number of thioether (sulfide) groups is 8. The van der Waals surface area contributed by atoms with Crippen LogP contribution in [0.4, 0.5) is 0 Å². The van der Waals surface area contributed by atoms with Crippen LogP contribution in [0.1, 0.15) is 44.9 Å². The van der Waals surface area contributed by atoms with Crippen molar-refractivity contribution in [3.63, 3.8) is 0 Å². The molecule has 30 fully saturated rings. The molecule has 16 bridgehead atoms. The number of aliphatic carboxylic acids is 8. The minimum absolute atomic E-state index is 0.160. The summed E-state index contributed by atoms with van der Waals surface area (Å²) in [5.74, 6) is -14.6. The Morgan fingerprint density at radius 1 is 0.195 bits per heavy atom. The molecule has 8 unspecified atom stereocenters. The van der Waals surface area contributed by atoms with Gasteiger partial charge in [0.15, 0.2) is 50.3 Å². The van der Waals surface area contributed by atoms with E-state index >= 15 is 0 Å². The number of hydrogen-bond donors (Lipinski definition) is 24. The number of carboxylic acid groups (broad SMARTS) is 8. The van der Waals surface area contributed by atoms with Crippen molar-refractivity contribution < 1.29 is 237 Å². The molecule has 0 radical (unpaired) electrons. The SMILES string of the molecule is O=C(O)/C=C/SC[C@@H]1OC2O[C@@H]3[C@@H](O)[C@H](O)C(O[C@@H]4[C@@H](O)[C@H](O)C(O[C@@H]5[C@@H](O)[C@H](O)C(O[C@@H]6[C@@H](O)[C@H](O)C(O[C@@H]7[C@@H](O)[C@H](O)C(O[C@@H]8[C@@H](O)[C@H](O)C(O[C@@H]9[C@@H](O)[C@H](O)C(O[C@@H]1[C@@H](O)[C@@H]2O)O[C@H]9CSCCC(=O)O)O[C@H]8CSCCC(=O)O)O[C@H]7CSCCC(=O)O)O[C@H]6CSCCC(=O)O)O[C@H]5CSCCC(=O)O)O[C@H]4CSCCC(=O)O)O[C@H]3CSCCC(=O)O. The Bertz CT molecular complexity index is 3390. The third kappa shape index (κ3) is 30.5. The highest BCUT2D eigenvalue weighted by Gasteiger charge is 2.61. The second-order valence-corrected chi connectivity index (χ2v) is 39.5. The smallest absolute Gasteiger partial charge is 0.328 e.